The van der Waals surface area contributed by atoms with Gasteiger partial charge in [0.1, 0.15) is 5.82 Å². The number of nitrogens with zero attached hydrogens (tertiary/aromatic N) is 3. The van der Waals surface area contributed by atoms with E-state index in [0.717, 1.165) is 16.8 Å². The normalized spacial score (nSPS) is 18.1. The smallest absolute Gasteiger partial charge is 0.267 e. The summed E-state index contributed by atoms with van der Waals surface area (Å²) < 4.78 is 13.1. The van der Waals surface area contributed by atoms with Crippen LogP contribution < -0.4 is 0 Å². The van der Waals surface area contributed by atoms with E-state index in [-0.39, 0.29) is 11.7 Å². The molecule has 0 saturated carbocycles. The van der Waals surface area contributed by atoms with Gasteiger partial charge in [-0.05, 0) is 48.9 Å². The highest BCUT2D eigenvalue weighted by atomic mass is 32.2. The Balaban J connectivity index is 2.00. The highest BCUT2D eigenvalue weighted by molar-refractivity contribution is 8.18. The van der Waals surface area contributed by atoms with Crippen molar-refractivity contribution < 1.29 is 9.18 Å². The maximum Gasteiger partial charge on any atom is 0.267 e. The summed E-state index contributed by atoms with van der Waals surface area (Å²) >= 11 is 2.74. The van der Waals surface area contributed by atoms with E-state index in [2.05, 4.69) is 16.6 Å². The van der Waals surface area contributed by atoms with Crippen molar-refractivity contribution in [1.82, 2.24) is 9.88 Å². The van der Waals surface area contributed by atoms with Crippen molar-refractivity contribution in [2.24, 2.45) is 4.99 Å². The van der Waals surface area contributed by atoms with Crippen LogP contribution in [-0.4, -0.2) is 27.5 Å². The van der Waals surface area contributed by atoms with Crippen molar-refractivity contribution in [3.05, 3.63) is 64.3 Å². The summed E-state index contributed by atoms with van der Waals surface area (Å²) in [5, 5.41) is 3.11. The highest BCUT2D eigenvalue weighted by Crippen LogP contribution is 2.38. The third-order valence-electron chi connectivity index (χ3n) is 3.59. The van der Waals surface area contributed by atoms with Crippen LogP contribution in [0.25, 0.3) is 5.57 Å². The van der Waals surface area contributed by atoms with E-state index in [0.29, 0.717) is 21.7 Å². The number of amidine groups is 1. The first kappa shape index (κ1) is 17.6. The van der Waals surface area contributed by atoms with E-state index in [1.165, 1.54) is 35.2 Å². The number of carbonyl (C=O) groups excluding carboxylic acids is 1. The molecule has 1 fully saturated rings. The lowest BCUT2D eigenvalue weighted by Crippen LogP contribution is -2.29. The van der Waals surface area contributed by atoms with Crippen molar-refractivity contribution in [1.29, 1.82) is 0 Å². The van der Waals surface area contributed by atoms with Gasteiger partial charge in [0, 0.05) is 11.9 Å². The number of thiazole rings is 1. The van der Waals surface area contributed by atoms with Gasteiger partial charge in [-0.2, -0.15) is 4.99 Å². The third-order valence-corrected chi connectivity index (χ3v) is 5.62. The lowest BCUT2D eigenvalue weighted by atomic mass is 10.1. The molecule has 1 amide bonds. The van der Waals surface area contributed by atoms with Crippen molar-refractivity contribution in [3.8, 4) is 0 Å². The fourth-order valence-electron chi connectivity index (χ4n) is 2.32. The zero-order valence-corrected chi connectivity index (χ0v) is 15.5. The van der Waals surface area contributed by atoms with Crippen LogP contribution in [0.1, 0.15) is 18.2 Å². The summed E-state index contributed by atoms with van der Waals surface area (Å²) in [6.07, 6.45) is 1.66. The largest absolute Gasteiger partial charge is 0.282 e. The molecule has 128 valence electrons. The van der Waals surface area contributed by atoms with E-state index < -0.39 is 0 Å². The molecule has 0 spiro atoms. The number of hydrogen-bond donors (Lipinski definition) is 0. The third kappa shape index (κ3) is 3.72. The minimum atomic E-state index is -0.304. The highest BCUT2D eigenvalue weighted by Gasteiger charge is 2.34. The number of allylic oxidation sites excluding steroid dienone is 1. The first-order valence-corrected chi connectivity index (χ1v) is 9.27. The molecule has 0 bridgehead atoms. The Morgan fingerprint density at radius 3 is 2.72 bits per heavy atom. The molecule has 0 aliphatic carbocycles. The Hall–Kier alpha value is -2.25. The number of halogens is 1. The number of amides is 1. The number of aryl methyl sites for hydroxylation is 1. The molecule has 0 atom stereocenters. The van der Waals surface area contributed by atoms with E-state index in [9.17, 15) is 9.18 Å². The monoisotopic (exact) mass is 373 g/mol. The molecule has 2 aromatic rings. The van der Waals surface area contributed by atoms with Crippen LogP contribution >= 0.6 is 23.1 Å². The van der Waals surface area contributed by atoms with Gasteiger partial charge >= 0.3 is 0 Å². The second kappa shape index (κ2) is 7.33. The van der Waals surface area contributed by atoms with Gasteiger partial charge in [0.2, 0.25) is 5.13 Å². The first-order chi connectivity index (χ1) is 12.0. The summed E-state index contributed by atoms with van der Waals surface area (Å²) in [5.41, 5.74) is 2.50. The van der Waals surface area contributed by atoms with E-state index in [4.69, 9.17) is 0 Å². The maximum absolute atomic E-state index is 13.1. The molecular formula is C18H16FN3OS2. The average Bonchev–Trinajstić information content (AvgIpc) is 3.13. The van der Waals surface area contributed by atoms with Crippen LogP contribution in [-0.2, 0) is 4.79 Å². The standard InChI is InChI=1S/C18H16FN3OS2/c1-4-9-22-16(23)15(12(3)13-5-7-14(19)8-6-13)25-18(22)21-17-20-11(2)10-24-17/h4-8,10H,1,9H2,2-3H3/b15-12-,21-18+. The topological polar surface area (TPSA) is 45.6 Å². The summed E-state index contributed by atoms with van der Waals surface area (Å²) in [5.74, 6) is -0.430. The van der Waals surface area contributed by atoms with Gasteiger partial charge in [0.25, 0.3) is 5.91 Å². The Kier molecular flexibility index (Phi) is 5.15. The fraction of sp³-hybridized carbons (Fsp3) is 0.167. The second-order valence-corrected chi connectivity index (χ2v) is 7.25. The van der Waals surface area contributed by atoms with Crippen molar-refractivity contribution in [2.45, 2.75) is 13.8 Å². The van der Waals surface area contributed by atoms with Crippen molar-refractivity contribution >= 4 is 44.9 Å². The zero-order valence-electron chi connectivity index (χ0n) is 13.8. The fourth-order valence-corrected chi connectivity index (χ4v) is 4.09. The van der Waals surface area contributed by atoms with Gasteiger partial charge in [-0.3, -0.25) is 9.69 Å². The molecule has 0 N–H and O–H groups in total. The summed E-state index contributed by atoms with van der Waals surface area (Å²) in [4.78, 5) is 23.8. The minimum absolute atomic E-state index is 0.126. The Morgan fingerprint density at radius 1 is 1.40 bits per heavy atom. The van der Waals surface area contributed by atoms with Gasteiger partial charge in [-0.15, -0.1) is 17.9 Å². The van der Waals surface area contributed by atoms with Gasteiger partial charge in [-0.1, -0.05) is 18.2 Å². The molecule has 3 rings (SSSR count). The van der Waals surface area contributed by atoms with Gasteiger partial charge in [0.15, 0.2) is 5.17 Å². The van der Waals surface area contributed by atoms with Crippen LogP contribution in [0.4, 0.5) is 9.52 Å². The molecule has 1 aliphatic heterocycles. The lowest BCUT2D eigenvalue weighted by Gasteiger charge is -2.12. The SMILES string of the molecule is C=CCN1C(=O)/C(=C(\C)c2ccc(F)cc2)S/C1=N/c1nc(C)cs1. The van der Waals surface area contributed by atoms with Crippen LogP contribution in [0.15, 0.2) is 52.2 Å². The maximum atomic E-state index is 13.1. The first-order valence-electron chi connectivity index (χ1n) is 7.58. The van der Waals surface area contributed by atoms with Gasteiger partial charge < -0.3 is 0 Å². The number of aromatic nitrogens is 1. The average molecular weight is 373 g/mol. The second-order valence-electron chi connectivity index (χ2n) is 5.43. The Bertz CT molecular complexity index is 884. The Morgan fingerprint density at radius 2 is 2.12 bits per heavy atom. The molecule has 2 heterocycles. The number of aliphatic imine (C=N–C) groups is 1. The molecule has 1 saturated heterocycles. The molecule has 7 heteroatoms. The molecular weight excluding hydrogens is 357 g/mol. The van der Waals surface area contributed by atoms with E-state index >= 15 is 0 Å². The van der Waals surface area contributed by atoms with Crippen LogP contribution in [0.5, 0.6) is 0 Å². The summed E-state index contributed by atoms with van der Waals surface area (Å²) in [6.45, 7) is 7.84. The predicted molar refractivity (Wildman–Crippen MR) is 102 cm³/mol. The van der Waals surface area contributed by atoms with Gasteiger partial charge in [0.05, 0.1) is 10.6 Å². The number of benzene rings is 1. The molecule has 1 aliphatic rings. The predicted octanol–water partition coefficient (Wildman–Crippen LogP) is 4.77. The number of rotatable bonds is 4. The molecule has 1 aromatic heterocycles. The summed E-state index contributed by atoms with van der Waals surface area (Å²) in [7, 11) is 0. The quantitative estimate of drug-likeness (QED) is 0.573. The lowest BCUT2D eigenvalue weighted by molar-refractivity contribution is -0.121. The van der Waals surface area contributed by atoms with Crippen molar-refractivity contribution in [2.75, 3.05) is 6.54 Å². The van der Waals surface area contributed by atoms with Crippen LogP contribution in [0, 0.1) is 12.7 Å². The van der Waals surface area contributed by atoms with E-state index in [1.807, 2.05) is 19.2 Å². The Labute approximate surface area is 153 Å². The molecule has 4 nitrogen and oxygen atoms in total. The summed E-state index contributed by atoms with van der Waals surface area (Å²) in [6, 6.07) is 6.11. The van der Waals surface area contributed by atoms with Crippen LogP contribution in [0.2, 0.25) is 0 Å². The van der Waals surface area contributed by atoms with Gasteiger partial charge in [-0.25, -0.2) is 9.37 Å². The molecule has 25 heavy (non-hydrogen) atoms. The van der Waals surface area contributed by atoms with Crippen LogP contribution in [0.3, 0.4) is 0 Å². The molecule has 1 aromatic carbocycles. The zero-order chi connectivity index (χ0) is 18.0. The molecule has 0 radical (unpaired) electrons. The number of carbonyl (C=O) groups is 1. The number of hydrogen-bond acceptors (Lipinski definition) is 5. The van der Waals surface area contributed by atoms with Crippen molar-refractivity contribution in [3.63, 3.8) is 0 Å². The minimum Gasteiger partial charge on any atom is -0.282 e. The molecule has 0 unspecified atom stereocenters. The van der Waals surface area contributed by atoms with E-state index in [1.54, 1.807) is 23.1 Å². The number of thioether (sulfide) groups is 1.